The van der Waals surface area contributed by atoms with Crippen LogP contribution in [0.15, 0.2) is 30.5 Å². The Bertz CT molecular complexity index is 1290. The highest BCUT2D eigenvalue weighted by atomic mass is 16.5. The Morgan fingerprint density at radius 1 is 1.11 bits per heavy atom. The van der Waals surface area contributed by atoms with Gasteiger partial charge in [0.2, 0.25) is 0 Å². The summed E-state index contributed by atoms with van der Waals surface area (Å²) in [4.78, 5) is 34.8. The molecular weight excluding hydrogens is 446 g/mol. The number of phenolic OH excluding ortho intramolecular Hbond substituents is 1. The Labute approximate surface area is 202 Å². The van der Waals surface area contributed by atoms with Crippen molar-refractivity contribution in [2.45, 2.75) is 67.7 Å². The van der Waals surface area contributed by atoms with Crippen molar-refractivity contribution in [3.63, 3.8) is 0 Å². The molecule has 8 nitrogen and oxygen atoms in total. The number of ether oxygens (including phenoxy) is 1. The third-order valence-corrected chi connectivity index (χ3v) is 9.74. The van der Waals surface area contributed by atoms with Gasteiger partial charge in [-0.25, -0.2) is 0 Å². The maximum absolute atomic E-state index is 13.4. The summed E-state index contributed by atoms with van der Waals surface area (Å²) in [5.41, 5.74) is 0.660. The van der Waals surface area contributed by atoms with Gasteiger partial charge in [0.15, 0.2) is 11.5 Å². The van der Waals surface area contributed by atoms with Crippen molar-refractivity contribution in [3.8, 4) is 11.5 Å². The van der Waals surface area contributed by atoms with Gasteiger partial charge in [0.25, 0.3) is 11.8 Å². The lowest BCUT2D eigenvalue weighted by Crippen LogP contribution is -2.78. The van der Waals surface area contributed by atoms with E-state index in [1.54, 1.807) is 18.2 Å². The lowest BCUT2D eigenvalue weighted by molar-refractivity contribution is -0.196. The number of aromatic hydroxyl groups is 1. The highest BCUT2D eigenvalue weighted by Crippen LogP contribution is 2.66. The van der Waals surface area contributed by atoms with Gasteiger partial charge in [-0.1, -0.05) is 6.07 Å². The van der Waals surface area contributed by atoms with Crippen LogP contribution in [-0.4, -0.2) is 73.7 Å². The molecule has 1 aromatic carbocycles. The average molecular weight is 474 g/mol. The number of benzene rings is 1. The fraction of sp³-hybridized carbons (Fsp3) is 0.519. The second kappa shape index (κ2) is 6.42. The van der Waals surface area contributed by atoms with Gasteiger partial charge in [-0.2, -0.15) is 0 Å². The maximum atomic E-state index is 13.4. The molecule has 2 amide bonds. The van der Waals surface area contributed by atoms with Crippen LogP contribution in [0.4, 0.5) is 0 Å². The summed E-state index contributed by atoms with van der Waals surface area (Å²) >= 11 is 0. The number of carbonyl (C=O) groups excluding carboxylic acids is 2. The van der Waals surface area contributed by atoms with E-state index >= 15 is 0 Å². The maximum Gasteiger partial charge on any atom is 0.280 e. The van der Waals surface area contributed by atoms with Crippen LogP contribution in [0.5, 0.6) is 11.5 Å². The van der Waals surface area contributed by atoms with Gasteiger partial charge in [-0.05, 0) is 74.8 Å². The number of likely N-dealkylation sites (tertiary alicyclic amines) is 1. The van der Waals surface area contributed by atoms with Crippen LogP contribution >= 0.6 is 0 Å². The second-order valence-electron chi connectivity index (χ2n) is 11.3. The Kier molecular flexibility index (Phi) is 3.71. The van der Waals surface area contributed by atoms with Crippen LogP contribution in [0.3, 0.4) is 0 Å². The number of aromatic nitrogens is 1. The summed E-state index contributed by atoms with van der Waals surface area (Å²) in [6.07, 6.45) is 5.72. The summed E-state index contributed by atoms with van der Waals surface area (Å²) in [6, 6.07) is 6.35. The summed E-state index contributed by atoms with van der Waals surface area (Å²) in [6.45, 7) is 1.83. The van der Waals surface area contributed by atoms with E-state index in [2.05, 4.69) is 9.88 Å². The second-order valence-corrected chi connectivity index (χ2v) is 11.3. The predicted octanol–water partition coefficient (Wildman–Crippen LogP) is 2.02. The molecule has 180 valence electrons. The van der Waals surface area contributed by atoms with Gasteiger partial charge >= 0.3 is 0 Å². The number of fused-ring (bicyclic) bond motifs is 1. The van der Waals surface area contributed by atoms with E-state index in [-0.39, 0.29) is 23.4 Å². The molecule has 5 atom stereocenters. The number of aliphatic hydroxyl groups is 1. The van der Waals surface area contributed by atoms with Crippen molar-refractivity contribution in [2.24, 2.45) is 5.92 Å². The number of amides is 2. The highest BCUT2D eigenvalue weighted by molar-refractivity contribution is 6.20. The molecule has 1 saturated heterocycles. The van der Waals surface area contributed by atoms with Crippen LogP contribution < -0.4 is 4.74 Å². The van der Waals surface area contributed by atoms with Crippen LogP contribution in [0.25, 0.3) is 0 Å². The fourth-order valence-electron chi connectivity index (χ4n) is 8.11. The van der Waals surface area contributed by atoms with Gasteiger partial charge in [-0.15, -0.1) is 0 Å². The third-order valence-electron chi connectivity index (χ3n) is 9.74. The van der Waals surface area contributed by atoms with Gasteiger partial charge in [-0.3, -0.25) is 24.4 Å². The standard InChI is InChI=1S/C27H27N3O5/c31-18-6-5-15-12-19-27(34)8-7-17(30-24(32)16-2-1-10-28-21(16)25(30)33)23-26(27,20(15)22(18)35-23)9-11-29(19)13-14-3-4-14/h1-2,5-6,10,14,17,19,23,31,34H,3-4,7-9,11-13H2/t17-,19+,23+,26+,27-/m1/s1. The molecular formula is C27H27N3O5. The summed E-state index contributed by atoms with van der Waals surface area (Å²) in [5, 5.41) is 23.4. The molecule has 35 heavy (non-hydrogen) atoms. The lowest BCUT2D eigenvalue weighted by atomic mass is 9.48. The zero-order chi connectivity index (χ0) is 23.7. The summed E-state index contributed by atoms with van der Waals surface area (Å²) in [7, 11) is 0. The third kappa shape index (κ3) is 2.28. The fourth-order valence-corrected chi connectivity index (χ4v) is 8.11. The highest BCUT2D eigenvalue weighted by Gasteiger charge is 2.74. The van der Waals surface area contributed by atoms with Gasteiger partial charge < -0.3 is 14.9 Å². The molecule has 1 spiro atoms. The molecule has 0 unspecified atom stereocenters. The first-order valence-electron chi connectivity index (χ1n) is 12.8. The monoisotopic (exact) mass is 473 g/mol. The van der Waals surface area contributed by atoms with Crippen LogP contribution in [0, 0.1) is 5.92 Å². The minimum atomic E-state index is -1.05. The first-order valence-corrected chi connectivity index (χ1v) is 12.8. The number of nitrogens with zero attached hydrogens (tertiary/aromatic N) is 3. The number of carbonyl (C=O) groups is 2. The number of hydrogen-bond donors (Lipinski definition) is 2. The Balaban J connectivity index is 1.28. The van der Waals surface area contributed by atoms with Gasteiger partial charge in [0.1, 0.15) is 11.8 Å². The molecule has 2 N–H and O–H groups in total. The molecule has 6 aliphatic rings. The van der Waals surface area contributed by atoms with Crippen molar-refractivity contribution in [1.82, 2.24) is 14.8 Å². The zero-order valence-electron chi connectivity index (χ0n) is 19.3. The van der Waals surface area contributed by atoms with Gasteiger partial charge in [0.05, 0.1) is 22.6 Å². The normalized spacial score (nSPS) is 36.7. The molecule has 2 bridgehead atoms. The molecule has 4 heterocycles. The van der Waals surface area contributed by atoms with E-state index in [1.807, 2.05) is 6.07 Å². The van der Waals surface area contributed by atoms with Crippen LogP contribution in [0.1, 0.15) is 64.1 Å². The molecule has 8 rings (SSSR count). The number of hydrogen-bond acceptors (Lipinski definition) is 7. The molecule has 2 saturated carbocycles. The molecule has 3 aliphatic heterocycles. The largest absolute Gasteiger partial charge is 0.504 e. The first kappa shape index (κ1) is 20.2. The lowest BCUT2D eigenvalue weighted by Gasteiger charge is -2.64. The summed E-state index contributed by atoms with van der Waals surface area (Å²) in [5.74, 6) is 0.424. The SMILES string of the molecule is O=C1c2cccnc2C(=O)N1[C@@H]1CC[C@@]2(O)[C@@H]3Cc4ccc(O)c5c4[C@@]2(CCN3CC2CC2)[C@H]1O5. The van der Waals surface area contributed by atoms with E-state index in [0.717, 1.165) is 24.2 Å². The molecule has 0 radical (unpaired) electrons. The molecule has 8 heteroatoms. The minimum Gasteiger partial charge on any atom is -0.504 e. The van der Waals surface area contributed by atoms with E-state index in [9.17, 15) is 19.8 Å². The Hall–Kier alpha value is -2.97. The van der Waals surface area contributed by atoms with E-state index < -0.39 is 29.1 Å². The van der Waals surface area contributed by atoms with Crippen molar-refractivity contribution < 1.29 is 24.5 Å². The van der Waals surface area contributed by atoms with Crippen molar-refractivity contribution in [1.29, 1.82) is 0 Å². The summed E-state index contributed by atoms with van der Waals surface area (Å²) < 4.78 is 6.53. The van der Waals surface area contributed by atoms with Crippen molar-refractivity contribution >= 4 is 11.8 Å². The first-order chi connectivity index (χ1) is 16.9. The van der Waals surface area contributed by atoms with E-state index in [0.29, 0.717) is 42.9 Å². The number of phenols is 1. The van der Waals surface area contributed by atoms with Gasteiger partial charge in [0, 0.05) is 24.3 Å². The number of rotatable bonds is 3. The Morgan fingerprint density at radius 3 is 2.77 bits per heavy atom. The predicted molar refractivity (Wildman–Crippen MR) is 123 cm³/mol. The number of pyridine rings is 1. The quantitative estimate of drug-likeness (QED) is 0.658. The number of imide groups is 1. The molecule has 2 aromatic rings. The van der Waals surface area contributed by atoms with Crippen LogP contribution in [-0.2, 0) is 11.8 Å². The van der Waals surface area contributed by atoms with E-state index in [4.69, 9.17) is 4.74 Å². The molecule has 3 aliphatic carbocycles. The van der Waals surface area contributed by atoms with Crippen LogP contribution in [0.2, 0.25) is 0 Å². The van der Waals surface area contributed by atoms with E-state index in [1.165, 1.54) is 23.9 Å². The van der Waals surface area contributed by atoms with Crippen molar-refractivity contribution in [3.05, 3.63) is 52.8 Å². The molecule has 3 fully saturated rings. The number of piperidine rings is 1. The Morgan fingerprint density at radius 2 is 1.97 bits per heavy atom. The zero-order valence-corrected chi connectivity index (χ0v) is 19.3. The minimum absolute atomic E-state index is 0.0456. The topological polar surface area (TPSA) is 103 Å². The average Bonchev–Trinajstić information content (AvgIpc) is 3.54. The van der Waals surface area contributed by atoms with Crippen molar-refractivity contribution in [2.75, 3.05) is 13.1 Å². The smallest absolute Gasteiger partial charge is 0.280 e. The molecule has 1 aromatic heterocycles.